The monoisotopic (exact) mass is 419 g/mol. The quantitative estimate of drug-likeness (QED) is 0.464. The van der Waals surface area contributed by atoms with Crippen molar-refractivity contribution in [2.24, 2.45) is 0 Å². The van der Waals surface area contributed by atoms with Crippen molar-refractivity contribution in [1.82, 2.24) is 25.5 Å². The summed E-state index contributed by atoms with van der Waals surface area (Å²) in [5.74, 6) is -0.0814. The molecule has 2 N–H and O–H groups in total. The standard InChI is InChI=1S/C22H21N5O2S/c28-21(23-13-15-9-6-12-29-15)19(14-7-2-1-3-8-14)30-22-25-20-18(26-27-22)16-10-4-5-11-17(16)24-20/h1-5,7-8,10-11,15,19H,6,9,12-13H2,(H,23,28)(H,24,25,27)/t15-,19+/m1/s1. The van der Waals surface area contributed by atoms with Gasteiger partial charge in [-0.1, -0.05) is 60.3 Å². The number of nitrogens with zero attached hydrogens (tertiary/aromatic N) is 3. The van der Waals surface area contributed by atoms with Crippen molar-refractivity contribution in [2.45, 2.75) is 29.4 Å². The summed E-state index contributed by atoms with van der Waals surface area (Å²) in [6, 6.07) is 17.6. The molecule has 7 nitrogen and oxygen atoms in total. The van der Waals surface area contributed by atoms with Crippen LogP contribution in [-0.4, -0.2) is 45.3 Å². The highest BCUT2D eigenvalue weighted by molar-refractivity contribution is 8.00. The number of nitrogens with one attached hydrogen (secondary N) is 2. The summed E-state index contributed by atoms with van der Waals surface area (Å²) < 4.78 is 5.62. The second kappa shape index (κ2) is 8.41. The summed E-state index contributed by atoms with van der Waals surface area (Å²) in [5.41, 5.74) is 3.26. The Hall–Kier alpha value is -2.97. The zero-order valence-corrected chi connectivity index (χ0v) is 17.1. The van der Waals surface area contributed by atoms with Crippen molar-refractivity contribution in [1.29, 1.82) is 0 Å². The molecule has 1 saturated heterocycles. The third-order valence-electron chi connectivity index (χ3n) is 5.19. The van der Waals surface area contributed by atoms with Gasteiger partial charge in [-0.2, -0.15) is 0 Å². The molecule has 0 saturated carbocycles. The number of hydrogen-bond donors (Lipinski definition) is 2. The van der Waals surface area contributed by atoms with E-state index in [0.717, 1.165) is 41.4 Å². The van der Waals surface area contributed by atoms with Crippen LogP contribution in [0, 0.1) is 0 Å². The molecular weight excluding hydrogens is 398 g/mol. The molecular formula is C22H21N5O2S. The summed E-state index contributed by atoms with van der Waals surface area (Å²) in [6.07, 6.45) is 2.12. The molecule has 5 rings (SSSR count). The van der Waals surface area contributed by atoms with Gasteiger partial charge in [0.2, 0.25) is 11.1 Å². The molecule has 1 fully saturated rings. The van der Waals surface area contributed by atoms with Crippen molar-refractivity contribution in [3.63, 3.8) is 0 Å². The number of H-pyrrole nitrogens is 1. The van der Waals surface area contributed by atoms with Gasteiger partial charge >= 0.3 is 0 Å². The molecule has 8 heteroatoms. The lowest BCUT2D eigenvalue weighted by molar-refractivity contribution is -0.121. The highest BCUT2D eigenvalue weighted by Gasteiger charge is 2.25. The third kappa shape index (κ3) is 3.88. The number of ether oxygens (including phenoxy) is 1. The molecule has 0 radical (unpaired) electrons. The Morgan fingerprint density at radius 1 is 1.17 bits per heavy atom. The lowest BCUT2D eigenvalue weighted by Crippen LogP contribution is -2.34. The van der Waals surface area contributed by atoms with E-state index in [1.54, 1.807) is 0 Å². The molecule has 0 aliphatic carbocycles. The Kier molecular flexibility index (Phi) is 5.33. The minimum Gasteiger partial charge on any atom is -0.376 e. The molecule has 0 unspecified atom stereocenters. The Balaban J connectivity index is 1.41. The number of carbonyl (C=O) groups is 1. The van der Waals surface area contributed by atoms with Crippen molar-refractivity contribution < 1.29 is 9.53 Å². The summed E-state index contributed by atoms with van der Waals surface area (Å²) in [5, 5.41) is 12.7. The van der Waals surface area contributed by atoms with Crippen LogP contribution in [0.25, 0.3) is 22.1 Å². The third-order valence-corrected chi connectivity index (χ3v) is 6.30. The van der Waals surface area contributed by atoms with Gasteiger partial charge in [0.1, 0.15) is 10.8 Å². The van der Waals surface area contributed by atoms with Gasteiger partial charge in [0.25, 0.3) is 0 Å². The maximum absolute atomic E-state index is 13.0. The Labute approximate surface area is 177 Å². The zero-order chi connectivity index (χ0) is 20.3. The number of amides is 1. The lowest BCUT2D eigenvalue weighted by Gasteiger charge is -2.17. The zero-order valence-electron chi connectivity index (χ0n) is 16.2. The average Bonchev–Trinajstić information content (AvgIpc) is 3.43. The molecule has 30 heavy (non-hydrogen) atoms. The number of hydrogen-bond acceptors (Lipinski definition) is 6. The molecule has 0 spiro atoms. The Morgan fingerprint density at radius 2 is 2.00 bits per heavy atom. The largest absolute Gasteiger partial charge is 0.376 e. The van der Waals surface area contributed by atoms with Crippen LogP contribution >= 0.6 is 11.8 Å². The number of rotatable bonds is 6. The van der Waals surface area contributed by atoms with Gasteiger partial charge in [-0.25, -0.2) is 4.98 Å². The van der Waals surface area contributed by atoms with Gasteiger partial charge in [-0.05, 0) is 24.5 Å². The minimum absolute atomic E-state index is 0.0814. The summed E-state index contributed by atoms with van der Waals surface area (Å²) >= 11 is 1.30. The first-order valence-electron chi connectivity index (χ1n) is 10.00. The van der Waals surface area contributed by atoms with E-state index >= 15 is 0 Å². The molecule has 1 aliphatic rings. The smallest absolute Gasteiger partial charge is 0.238 e. The highest BCUT2D eigenvalue weighted by Crippen LogP contribution is 2.34. The average molecular weight is 420 g/mol. The van der Waals surface area contributed by atoms with Crippen LogP contribution in [-0.2, 0) is 9.53 Å². The van der Waals surface area contributed by atoms with Crippen LogP contribution in [0.15, 0.2) is 59.8 Å². The van der Waals surface area contributed by atoms with E-state index in [1.807, 2.05) is 54.6 Å². The topological polar surface area (TPSA) is 92.8 Å². The van der Waals surface area contributed by atoms with Crippen LogP contribution in [0.5, 0.6) is 0 Å². The first-order valence-corrected chi connectivity index (χ1v) is 10.9. The molecule has 3 heterocycles. The van der Waals surface area contributed by atoms with Crippen LogP contribution in [0.4, 0.5) is 0 Å². The van der Waals surface area contributed by atoms with Crippen LogP contribution in [0.2, 0.25) is 0 Å². The van der Waals surface area contributed by atoms with E-state index in [-0.39, 0.29) is 12.0 Å². The number of aromatic nitrogens is 4. The number of carbonyl (C=O) groups excluding carboxylic acids is 1. The van der Waals surface area contributed by atoms with E-state index in [4.69, 9.17) is 4.74 Å². The SMILES string of the molecule is O=C(NC[C@H]1CCCO1)[C@@H](Sc1nnc2c(n1)[nH]c1ccccc12)c1ccccc1. The highest BCUT2D eigenvalue weighted by atomic mass is 32.2. The first-order chi connectivity index (χ1) is 14.8. The van der Waals surface area contributed by atoms with Crippen molar-refractivity contribution in [3.8, 4) is 0 Å². The molecule has 2 aromatic heterocycles. The van der Waals surface area contributed by atoms with E-state index in [2.05, 4.69) is 25.5 Å². The molecule has 1 aliphatic heterocycles. The van der Waals surface area contributed by atoms with Gasteiger partial charge < -0.3 is 15.0 Å². The maximum Gasteiger partial charge on any atom is 0.238 e. The maximum atomic E-state index is 13.0. The summed E-state index contributed by atoms with van der Waals surface area (Å²) in [7, 11) is 0. The minimum atomic E-state index is -0.476. The predicted molar refractivity (Wildman–Crippen MR) is 116 cm³/mol. The molecule has 2 atom stereocenters. The number of para-hydroxylation sites is 1. The van der Waals surface area contributed by atoms with Gasteiger partial charge in [-0.15, -0.1) is 10.2 Å². The fraction of sp³-hybridized carbons (Fsp3) is 0.273. The molecule has 152 valence electrons. The van der Waals surface area contributed by atoms with E-state index in [9.17, 15) is 4.79 Å². The molecule has 0 bridgehead atoms. The van der Waals surface area contributed by atoms with Crippen molar-refractivity contribution in [3.05, 3.63) is 60.2 Å². The predicted octanol–water partition coefficient (Wildman–Crippen LogP) is 3.63. The summed E-state index contributed by atoms with van der Waals surface area (Å²) in [4.78, 5) is 20.9. The summed E-state index contributed by atoms with van der Waals surface area (Å²) in [6.45, 7) is 1.28. The van der Waals surface area contributed by atoms with Crippen LogP contribution in [0.1, 0.15) is 23.7 Å². The molecule has 2 aromatic carbocycles. The van der Waals surface area contributed by atoms with Crippen LogP contribution in [0.3, 0.4) is 0 Å². The second-order valence-corrected chi connectivity index (χ2v) is 8.32. The first kappa shape index (κ1) is 19.0. The lowest BCUT2D eigenvalue weighted by atomic mass is 10.1. The van der Waals surface area contributed by atoms with Gasteiger partial charge in [-0.3, -0.25) is 4.79 Å². The Bertz CT molecular complexity index is 1170. The Morgan fingerprint density at radius 3 is 2.83 bits per heavy atom. The fourth-order valence-electron chi connectivity index (χ4n) is 3.67. The van der Waals surface area contributed by atoms with E-state index < -0.39 is 5.25 Å². The van der Waals surface area contributed by atoms with E-state index in [1.165, 1.54) is 11.8 Å². The van der Waals surface area contributed by atoms with Gasteiger partial charge in [0.05, 0.1) is 6.10 Å². The van der Waals surface area contributed by atoms with E-state index in [0.29, 0.717) is 17.3 Å². The number of aromatic amines is 1. The van der Waals surface area contributed by atoms with Crippen LogP contribution < -0.4 is 5.32 Å². The second-order valence-electron chi connectivity index (χ2n) is 7.25. The van der Waals surface area contributed by atoms with Crippen molar-refractivity contribution >= 4 is 39.7 Å². The number of benzene rings is 2. The van der Waals surface area contributed by atoms with Gasteiger partial charge in [0.15, 0.2) is 5.65 Å². The molecule has 4 aromatic rings. The molecule has 1 amide bonds. The van der Waals surface area contributed by atoms with Gasteiger partial charge in [0, 0.05) is 24.1 Å². The fourth-order valence-corrected chi connectivity index (χ4v) is 4.60. The normalized spacial score (nSPS) is 17.4. The van der Waals surface area contributed by atoms with Crippen molar-refractivity contribution in [2.75, 3.05) is 13.2 Å². The number of thioether (sulfide) groups is 1. The number of fused-ring (bicyclic) bond motifs is 3.